The molecule has 234 valence electrons. The predicted molar refractivity (Wildman–Crippen MR) is 186 cm³/mol. The zero-order valence-corrected chi connectivity index (χ0v) is 28.0. The van der Waals surface area contributed by atoms with Crippen molar-refractivity contribution in [2.24, 2.45) is 0 Å². The minimum Gasteiger partial charge on any atom is -0.405 e. The maximum atomic E-state index is 12.7. The maximum absolute atomic E-state index is 12.7. The molecule has 4 nitrogen and oxygen atoms in total. The highest BCUT2D eigenvalue weighted by atomic mass is 28.4. The van der Waals surface area contributed by atoms with E-state index < -0.39 is 8.32 Å². The highest BCUT2D eigenvalue weighted by Gasteiger charge is 2.50. The summed E-state index contributed by atoms with van der Waals surface area (Å²) in [5.74, 6) is 0.0821. The molecule has 0 saturated heterocycles. The van der Waals surface area contributed by atoms with Crippen LogP contribution < -0.4 is 15.7 Å². The van der Waals surface area contributed by atoms with Crippen LogP contribution in [0.25, 0.3) is 0 Å². The number of nitrogens with one attached hydrogen (secondary N) is 1. The molecular weight excluding hydrogens is 547 g/mol. The third-order valence-corrected chi connectivity index (χ3v) is 12.4. The molecule has 0 aliphatic heterocycles. The number of carbonyl (C=O) groups excluding carboxylic acids is 1. The summed E-state index contributed by atoms with van der Waals surface area (Å²) in [7, 11) is -2.61. The topological polar surface area (TPSA) is 58.6 Å². The van der Waals surface area contributed by atoms with E-state index in [0.717, 1.165) is 51.4 Å². The van der Waals surface area contributed by atoms with Crippen molar-refractivity contribution >= 4 is 24.6 Å². The molecule has 43 heavy (non-hydrogen) atoms. The first-order valence-corrected chi connectivity index (χ1v) is 18.0. The molecule has 0 radical (unpaired) electrons. The van der Waals surface area contributed by atoms with Crippen LogP contribution in [0.2, 0.25) is 5.04 Å². The molecule has 0 heterocycles. The second kappa shape index (κ2) is 20.8. The van der Waals surface area contributed by atoms with Crippen LogP contribution in [-0.4, -0.2) is 38.6 Å². The largest absolute Gasteiger partial charge is 0.405 e. The van der Waals surface area contributed by atoms with Gasteiger partial charge in [-0.15, -0.1) is 0 Å². The van der Waals surface area contributed by atoms with Crippen molar-refractivity contribution in [1.29, 1.82) is 0 Å². The standard InChI is InChI=1S/C38H55NO3Si/c1-34(33-42-43(38(2,3)4,35-27-21-19-22-28-35)36-29-23-20-24-30-36)39-37(41)31-25-17-15-13-11-9-7-5-6-8-10-12-14-16-18-26-32-40/h6-9,12-15,19-24,27-30,34,40H,5,10-11,16-18,25-26,31-33H2,1-4H3,(H,39,41)/b8-6-,9-7-,14-12-,15-13-/t34-/m1/s1. The number of amides is 1. The summed E-state index contributed by atoms with van der Waals surface area (Å²) in [5, 5.41) is 14.3. The van der Waals surface area contributed by atoms with Gasteiger partial charge in [0.1, 0.15) is 0 Å². The summed E-state index contributed by atoms with van der Waals surface area (Å²) in [6, 6.07) is 21.2. The van der Waals surface area contributed by atoms with Gasteiger partial charge < -0.3 is 14.8 Å². The van der Waals surface area contributed by atoms with E-state index in [9.17, 15) is 4.79 Å². The third kappa shape index (κ3) is 13.5. The van der Waals surface area contributed by atoms with Gasteiger partial charge in [-0.25, -0.2) is 0 Å². The smallest absolute Gasteiger partial charge is 0.261 e. The molecule has 0 spiro atoms. The summed E-state index contributed by atoms with van der Waals surface area (Å²) in [6.45, 7) is 9.61. The van der Waals surface area contributed by atoms with Crippen LogP contribution in [0.4, 0.5) is 0 Å². The minimum atomic E-state index is -2.61. The molecule has 5 heteroatoms. The molecule has 2 rings (SSSR count). The van der Waals surface area contributed by atoms with Gasteiger partial charge in [-0.3, -0.25) is 4.79 Å². The number of aliphatic hydroxyl groups is 1. The Balaban J connectivity index is 1.72. The Morgan fingerprint density at radius 3 is 1.70 bits per heavy atom. The fourth-order valence-electron chi connectivity index (χ4n) is 5.20. The summed E-state index contributed by atoms with van der Waals surface area (Å²) in [6.07, 6.45) is 25.6. The Labute approximate surface area is 262 Å². The first kappa shape index (κ1) is 36.2. The fraction of sp³-hybridized carbons (Fsp3) is 0.447. The van der Waals surface area contributed by atoms with E-state index in [4.69, 9.17) is 9.53 Å². The number of hydrogen-bond acceptors (Lipinski definition) is 3. The molecule has 2 aromatic carbocycles. The van der Waals surface area contributed by atoms with Gasteiger partial charge in [0.15, 0.2) is 0 Å². The van der Waals surface area contributed by atoms with Crippen molar-refractivity contribution in [3.8, 4) is 0 Å². The Hall–Kier alpha value is -2.99. The fourth-order valence-corrected chi connectivity index (χ4v) is 9.86. The van der Waals surface area contributed by atoms with Gasteiger partial charge in [0.2, 0.25) is 5.91 Å². The van der Waals surface area contributed by atoms with Crippen LogP contribution in [0.5, 0.6) is 0 Å². The van der Waals surface area contributed by atoms with Gasteiger partial charge in [0.25, 0.3) is 8.32 Å². The lowest BCUT2D eigenvalue weighted by Gasteiger charge is -2.43. The number of carbonyl (C=O) groups is 1. The van der Waals surface area contributed by atoms with E-state index >= 15 is 0 Å². The maximum Gasteiger partial charge on any atom is 0.261 e. The van der Waals surface area contributed by atoms with Crippen molar-refractivity contribution in [3.63, 3.8) is 0 Å². The van der Waals surface area contributed by atoms with E-state index in [2.05, 4.69) is 135 Å². The normalized spacial score (nSPS) is 13.5. The number of aliphatic hydroxyl groups excluding tert-OH is 1. The van der Waals surface area contributed by atoms with Crippen molar-refractivity contribution in [1.82, 2.24) is 5.32 Å². The van der Waals surface area contributed by atoms with Crippen molar-refractivity contribution in [2.75, 3.05) is 13.2 Å². The first-order valence-electron chi connectivity index (χ1n) is 16.1. The first-order chi connectivity index (χ1) is 20.8. The molecule has 0 aromatic heterocycles. The predicted octanol–water partition coefficient (Wildman–Crippen LogP) is 7.80. The van der Waals surface area contributed by atoms with Gasteiger partial charge in [-0.2, -0.15) is 0 Å². The molecular formula is C38H55NO3Si. The van der Waals surface area contributed by atoms with Gasteiger partial charge in [0, 0.05) is 19.1 Å². The Morgan fingerprint density at radius 2 is 1.23 bits per heavy atom. The van der Waals surface area contributed by atoms with Crippen molar-refractivity contribution in [3.05, 3.63) is 109 Å². The summed E-state index contributed by atoms with van der Waals surface area (Å²) >= 11 is 0. The van der Waals surface area contributed by atoms with Crippen LogP contribution in [0.15, 0.2) is 109 Å². The number of allylic oxidation sites excluding steroid dienone is 8. The van der Waals surface area contributed by atoms with E-state index in [1.54, 1.807) is 0 Å². The average molecular weight is 602 g/mol. The Morgan fingerprint density at radius 1 is 0.767 bits per heavy atom. The molecule has 2 aromatic rings. The summed E-state index contributed by atoms with van der Waals surface area (Å²) < 4.78 is 6.96. The van der Waals surface area contributed by atoms with Gasteiger partial charge >= 0.3 is 0 Å². The quantitative estimate of drug-likeness (QED) is 0.0925. The van der Waals surface area contributed by atoms with E-state index in [0.29, 0.717) is 13.0 Å². The minimum absolute atomic E-state index is 0.0724. The van der Waals surface area contributed by atoms with Crippen molar-refractivity contribution < 1.29 is 14.3 Å². The molecule has 0 bridgehead atoms. The lowest BCUT2D eigenvalue weighted by atomic mass is 10.2. The van der Waals surface area contributed by atoms with Crippen LogP contribution in [0, 0.1) is 0 Å². The molecule has 1 atom stereocenters. The number of unbranched alkanes of at least 4 members (excludes halogenated alkanes) is 3. The molecule has 0 unspecified atom stereocenters. The van der Waals surface area contributed by atoms with E-state index in [-0.39, 0.29) is 23.6 Å². The number of hydrogen-bond donors (Lipinski definition) is 2. The van der Waals surface area contributed by atoms with Crippen LogP contribution in [0.1, 0.15) is 85.5 Å². The molecule has 0 aliphatic carbocycles. The second-order valence-corrected chi connectivity index (χ2v) is 16.5. The monoisotopic (exact) mass is 601 g/mol. The number of benzene rings is 2. The summed E-state index contributed by atoms with van der Waals surface area (Å²) in [5.41, 5.74) is 0. The molecule has 0 fully saturated rings. The lowest BCUT2D eigenvalue weighted by molar-refractivity contribution is -0.122. The van der Waals surface area contributed by atoms with Gasteiger partial charge in [-0.05, 0) is 73.7 Å². The highest BCUT2D eigenvalue weighted by Crippen LogP contribution is 2.36. The van der Waals surface area contributed by atoms with Gasteiger partial charge in [0.05, 0.1) is 6.61 Å². The zero-order valence-electron chi connectivity index (χ0n) is 27.0. The molecule has 1 amide bonds. The average Bonchev–Trinajstić information content (AvgIpc) is 2.99. The molecule has 2 N–H and O–H groups in total. The molecule has 0 saturated carbocycles. The highest BCUT2D eigenvalue weighted by molar-refractivity contribution is 6.99. The lowest BCUT2D eigenvalue weighted by Crippen LogP contribution is -2.67. The van der Waals surface area contributed by atoms with Crippen LogP contribution in [-0.2, 0) is 9.22 Å². The molecule has 0 aliphatic rings. The SMILES string of the molecule is C[C@H](CO[Si](c1ccccc1)(c1ccccc1)C(C)(C)C)NC(=O)CCC/C=C\C/C=C\C/C=C\C/C=C\CCCCO. The zero-order chi connectivity index (χ0) is 31.2. The van der Waals surface area contributed by atoms with E-state index in [1.807, 2.05) is 6.92 Å². The Kier molecular flexibility index (Phi) is 17.5. The number of rotatable bonds is 20. The van der Waals surface area contributed by atoms with Gasteiger partial charge in [-0.1, -0.05) is 130 Å². The summed E-state index contributed by atoms with van der Waals surface area (Å²) in [4.78, 5) is 12.7. The van der Waals surface area contributed by atoms with Crippen molar-refractivity contribution in [2.45, 2.75) is 96.6 Å². The van der Waals surface area contributed by atoms with E-state index in [1.165, 1.54) is 10.4 Å². The van der Waals surface area contributed by atoms with Crippen LogP contribution in [0.3, 0.4) is 0 Å². The van der Waals surface area contributed by atoms with Crippen LogP contribution >= 0.6 is 0 Å². The third-order valence-electron chi connectivity index (χ3n) is 7.41. The second-order valence-electron chi connectivity index (χ2n) is 12.1. The Bertz CT molecular complexity index is 1090.